The Bertz CT molecular complexity index is 1560. The Morgan fingerprint density at radius 2 is 1.73 bits per heavy atom. The summed E-state index contributed by atoms with van der Waals surface area (Å²) in [5.41, 5.74) is 1.94. The first-order valence-corrected chi connectivity index (χ1v) is 11.6. The number of furan rings is 1. The normalized spacial score (nSPS) is 13.4. The lowest BCUT2D eigenvalue weighted by atomic mass is 10.1. The van der Waals surface area contributed by atoms with Gasteiger partial charge >= 0.3 is 5.97 Å². The number of ketones is 1. The zero-order valence-corrected chi connectivity index (χ0v) is 20.7. The topological polar surface area (TPSA) is 93.4 Å². The van der Waals surface area contributed by atoms with Gasteiger partial charge in [0.25, 0.3) is 0 Å². The van der Waals surface area contributed by atoms with E-state index in [0.717, 1.165) is 0 Å². The Kier molecular flexibility index (Phi) is 6.31. The number of methoxy groups -OCH3 is 2. The molecule has 0 spiro atoms. The molecule has 0 radical (unpaired) electrons. The maximum absolute atomic E-state index is 13.1. The van der Waals surface area contributed by atoms with E-state index < -0.39 is 5.97 Å². The predicted molar refractivity (Wildman–Crippen MR) is 136 cm³/mol. The van der Waals surface area contributed by atoms with Gasteiger partial charge in [-0.1, -0.05) is 6.07 Å². The molecule has 5 rings (SSSR count). The number of hydrogen-bond acceptors (Lipinski definition) is 8. The van der Waals surface area contributed by atoms with Crippen LogP contribution in [0.4, 0.5) is 0 Å². The highest BCUT2D eigenvalue weighted by Gasteiger charge is 2.29. The van der Waals surface area contributed by atoms with E-state index in [0.29, 0.717) is 63.0 Å². The SMILES string of the molecule is CCOc1ccc2oc(C)c(C(=O)Oc3ccc4c(c3)O/C(=C\c3ccc(OC)c(OC)c3)C4=O)c2c1. The van der Waals surface area contributed by atoms with Gasteiger partial charge in [-0.3, -0.25) is 4.79 Å². The number of ether oxygens (including phenoxy) is 5. The van der Waals surface area contributed by atoms with Gasteiger partial charge in [0.1, 0.15) is 34.2 Å². The number of hydrogen-bond donors (Lipinski definition) is 0. The van der Waals surface area contributed by atoms with E-state index in [2.05, 4.69) is 0 Å². The van der Waals surface area contributed by atoms with E-state index in [4.69, 9.17) is 28.1 Å². The molecule has 1 aromatic heterocycles. The highest BCUT2D eigenvalue weighted by molar-refractivity contribution is 6.14. The smallest absolute Gasteiger partial charge is 0.347 e. The number of esters is 1. The summed E-state index contributed by atoms with van der Waals surface area (Å²) in [6.07, 6.45) is 1.62. The molecule has 188 valence electrons. The molecule has 0 unspecified atom stereocenters. The summed E-state index contributed by atoms with van der Waals surface area (Å²) >= 11 is 0. The first-order chi connectivity index (χ1) is 17.9. The fourth-order valence-corrected chi connectivity index (χ4v) is 4.19. The van der Waals surface area contributed by atoms with Crippen molar-refractivity contribution >= 4 is 28.8 Å². The van der Waals surface area contributed by atoms with Crippen LogP contribution in [0.3, 0.4) is 0 Å². The molecule has 0 saturated heterocycles. The molecule has 2 heterocycles. The molecule has 0 bridgehead atoms. The van der Waals surface area contributed by atoms with Crippen LogP contribution in [0.5, 0.6) is 28.7 Å². The van der Waals surface area contributed by atoms with Crippen LogP contribution in [0.25, 0.3) is 17.0 Å². The van der Waals surface area contributed by atoms with Crippen molar-refractivity contribution in [3.8, 4) is 28.7 Å². The van der Waals surface area contributed by atoms with Crippen molar-refractivity contribution in [1.29, 1.82) is 0 Å². The van der Waals surface area contributed by atoms with E-state index in [9.17, 15) is 9.59 Å². The molecule has 0 atom stereocenters. The molecule has 4 aromatic rings. The number of carbonyl (C=O) groups excluding carboxylic acids is 2. The van der Waals surface area contributed by atoms with Gasteiger partial charge in [0, 0.05) is 11.5 Å². The number of allylic oxidation sites excluding steroid dienone is 1. The van der Waals surface area contributed by atoms with Crippen molar-refractivity contribution in [2.24, 2.45) is 0 Å². The molecule has 0 amide bonds. The van der Waals surface area contributed by atoms with Crippen molar-refractivity contribution in [1.82, 2.24) is 0 Å². The second-order valence-corrected chi connectivity index (χ2v) is 8.23. The fraction of sp³-hybridized carbons (Fsp3) is 0.172. The Morgan fingerprint density at radius 3 is 2.49 bits per heavy atom. The molecule has 3 aromatic carbocycles. The second-order valence-electron chi connectivity index (χ2n) is 8.23. The Balaban J connectivity index is 1.39. The molecule has 8 nitrogen and oxygen atoms in total. The first-order valence-electron chi connectivity index (χ1n) is 11.6. The van der Waals surface area contributed by atoms with Crippen molar-refractivity contribution in [2.45, 2.75) is 13.8 Å². The first kappa shape index (κ1) is 24.0. The van der Waals surface area contributed by atoms with Gasteiger partial charge < -0.3 is 28.1 Å². The molecular formula is C29H24O8. The highest BCUT2D eigenvalue weighted by atomic mass is 16.5. The summed E-state index contributed by atoms with van der Waals surface area (Å²) in [6.45, 7) is 4.08. The molecular weight excluding hydrogens is 476 g/mol. The summed E-state index contributed by atoms with van der Waals surface area (Å²) in [6, 6.07) is 15.2. The monoisotopic (exact) mass is 500 g/mol. The third kappa shape index (κ3) is 4.49. The van der Waals surface area contributed by atoms with Gasteiger partial charge in [-0.05, 0) is 68.0 Å². The summed E-state index contributed by atoms with van der Waals surface area (Å²) in [4.78, 5) is 26.0. The molecule has 8 heteroatoms. The number of aryl methyl sites for hydroxylation is 1. The highest BCUT2D eigenvalue weighted by Crippen LogP contribution is 2.37. The van der Waals surface area contributed by atoms with Crippen molar-refractivity contribution in [3.05, 3.63) is 82.8 Å². The minimum atomic E-state index is -0.588. The van der Waals surface area contributed by atoms with Crippen LogP contribution >= 0.6 is 0 Å². The standard InChI is InChI=1S/C29H24O8/c1-5-34-18-8-11-22-21(14-18)27(16(2)35-22)29(31)36-19-7-9-20-24(15-19)37-26(28(20)30)13-17-6-10-23(32-3)25(12-17)33-4/h6-15H,5H2,1-4H3/b26-13-. The van der Waals surface area contributed by atoms with Crippen molar-refractivity contribution < 1.29 is 37.7 Å². The van der Waals surface area contributed by atoms with E-state index >= 15 is 0 Å². The maximum atomic E-state index is 13.1. The lowest BCUT2D eigenvalue weighted by Gasteiger charge is -2.08. The molecule has 0 aliphatic carbocycles. The quantitative estimate of drug-likeness (QED) is 0.173. The zero-order chi connectivity index (χ0) is 26.1. The minimum Gasteiger partial charge on any atom is -0.494 e. The predicted octanol–water partition coefficient (Wildman–Crippen LogP) is 5.99. The molecule has 0 fully saturated rings. The molecule has 1 aliphatic heterocycles. The van der Waals surface area contributed by atoms with Crippen LogP contribution < -0.4 is 23.7 Å². The average molecular weight is 501 g/mol. The Morgan fingerprint density at radius 1 is 0.946 bits per heavy atom. The number of benzene rings is 3. The Hall–Kier alpha value is -4.72. The van der Waals surface area contributed by atoms with E-state index in [1.807, 2.05) is 6.92 Å². The third-order valence-corrected chi connectivity index (χ3v) is 5.91. The van der Waals surface area contributed by atoms with Crippen molar-refractivity contribution in [2.75, 3.05) is 20.8 Å². The molecule has 1 aliphatic rings. The molecule has 0 saturated carbocycles. The molecule has 37 heavy (non-hydrogen) atoms. The van der Waals surface area contributed by atoms with E-state index in [1.54, 1.807) is 68.6 Å². The summed E-state index contributed by atoms with van der Waals surface area (Å²) in [5, 5.41) is 0.598. The van der Waals surface area contributed by atoms with Crippen LogP contribution in [0.1, 0.15) is 39.0 Å². The maximum Gasteiger partial charge on any atom is 0.347 e. The lowest BCUT2D eigenvalue weighted by Crippen LogP contribution is -2.09. The van der Waals surface area contributed by atoms with Crippen LogP contribution in [-0.2, 0) is 0 Å². The summed E-state index contributed by atoms with van der Waals surface area (Å²) < 4.78 is 33.3. The van der Waals surface area contributed by atoms with Gasteiger partial charge in [-0.2, -0.15) is 0 Å². The van der Waals surface area contributed by atoms with Gasteiger partial charge in [0.2, 0.25) is 5.78 Å². The van der Waals surface area contributed by atoms with E-state index in [-0.39, 0.29) is 17.3 Å². The Labute approximate surface area is 213 Å². The van der Waals surface area contributed by atoms with Gasteiger partial charge in [0.15, 0.2) is 17.3 Å². The number of Topliss-reactive ketones (excluding diaryl/α,β-unsaturated/α-hetero) is 1. The lowest BCUT2D eigenvalue weighted by molar-refractivity contribution is 0.0734. The zero-order valence-electron chi connectivity index (χ0n) is 20.7. The van der Waals surface area contributed by atoms with Crippen LogP contribution in [0, 0.1) is 6.92 Å². The van der Waals surface area contributed by atoms with Gasteiger partial charge in [-0.15, -0.1) is 0 Å². The second kappa shape index (κ2) is 9.73. The van der Waals surface area contributed by atoms with Gasteiger partial charge in [0.05, 0.1) is 26.4 Å². The number of carbonyl (C=O) groups is 2. The van der Waals surface area contributed by atoms with Gasteiger partial charge in [-0.25, -0.2) is 4.79 Å². The third-order valence-electron chi connectivity index (χ3n) is 5.91. The van der Waals surface area contributed by atoms with Crippen molar-refractivity contribution in [3.63, 3.8) is 0 Å². The molecule has 0 N–H and O–H groups in total. The van der Waals surface area contributed by atoms with Crippen LogP contribution in [-0.4, -0.2) is 32.6 Å². The number of fused-ring (bicyclic) bond motifs is 2. The minimum absolute atomic E-state index is 0.144. The number of rotatable bonds is 7. The largest absolute Gasteiger partial charge is 0.494 e. The average Bonchev–Trinajstić information content (AvgIpc) is 3.38. The van der Waals surface area contributed by atoms with Crippen LogP contribution in [0.15, 0.2) is 64.8 Å². The summed E-state index contributed by atoms with van der Waals surface area (Å²) in [5.74, 6) is 1.98. The van der Waals surface area contributed by atoms with E-state index in [1.165, 1.54) is 13.2 Å². The summed E-state index contributed by atoms with van der Waals surface area (Å²) in [7, 11) is 3.09. The fourth-order valence-electron chi connectivity index (χ4n) is 4.19. The van der Waals surface area contributed by atoms with Crippen LogP contribution in [0.2, 0.25) is 0 Å².